The van der Waals surface area contributed by atoms with Gasteiger partial charge in [-0.25, -0.2) is 0 Å². The molecule has 0 radical (unpaired) electrons. The van der Waals surface area contributed by atoms with Gasteiger partial charge in [-0.3, -0.25) is 4.79 Å². The molecule has 3 N–H and O–H groups in total. The monoisotopic (exact) mass is 334 g/mol. The highest BCUT2D eigenvalue weighted by molar-refractivity contribution is 5.79. The Labute approximate surface area is 147 Å². The summed E-state index contributed by atoms with van der Waals surface area (Å²) in [6.45, 7) is 16.1. The van der Waals surface area contributed by atoms with E-state index in [1.54, 1.807) is 7.11 Å². The maximum Gasteiger partial charge on any atom is 0.224 e. The Balaban J connectivity index is 3.53. The molecule has 0 unspecified atom stereocenters. The summed E-state index contributed by atoms with van der Waals surface area (Å²) in [5.41, 5.74) is 9.84. The number of carbonyl (C=O) groups excluding carboxylic acids is 1. The number of benzene rings is 1. The van der Waals surface area contributed by atoms with Crippen molar-refractivity contribution < 1.29 is 9.53 Å². The second-order valence-corrected chi connectivity index (χ2v) is 8.43. The third kappa shape index (κ3) is 4.73. The first kappa shape index (κ1) is 20.5. The standard InChI is InChI=1S/C20H34N2O2/c1-13-14(12-16(23)22-10-9-21)11-15(19(2,3)4)18(24-8)17(13)20(5,6)7/h11H,9-10,12,21H2,1-8H3,(H,22,23). The van der Waals surface area contributed by atoms with Gasteiger partial charge >= 0.3 is 0 Å². The summed E-state index contributed by atoms with van der Waals surface area (Å²) in [4.78, 5) is 12.2. The first-order chi connectivity index (χ1) is 10.9. The minimum Gasteiger partial charge on any atom is -0.496 e. The van der Waals surface area contributed by atoms with E-state index >= 15 is 0 Å². The van der Waals surface area contributed by atoms with Gasteiger partial charge in [0.2, 0.25) is 5.91 Å². The van der Waals surface area contributed by atoms with Crippen LogP contribution in [-0.2, 0) is 22.0 Å². The molecule has 0 atom stereocenters. The Bertz CT molecular complexity index is 593. The molecule has 0 saturated carbocycles. The lowest BCUT2D eigenvalue weighted by Gasteiger charge is -2.32. The molecule has 136 valence electrons. The predicted octanol–water partition coefficient (Wildman–Crippen LogP) is 3.22. The molecule has 1 aromatic rings. The quantitative estimate of drug-likeness (QED) is 0.869. The highest BCUT2D eigenvalue weighted by Gasteiger charge is 2.30. The van der Waals surface area contributed by atoms with Crippen LogP contribution in [0.2, 0.25) is 0 Å². The maximum atomic E-state index is 12.2. The first-order valence-corrected chi connectivity index (χ1v) is 8.61. The molecule has 24 heavy (non-hydrogen) atoms. The predicted molar refractivity (Wildman–Crippen MR) is 101 cm³/mol. The van der Waals surface area contributed by atoms with Crippen LogP contribution in [0.4, 0.5) is 0 Å². The van der Waals surface area contributed by atoms with E-state index in [0.717, 1.165) is 22.4 Å². The number of amides is 1. The van der Waals surface area contributed by atoms with Crippen molar-refractivity contribution in [3.63, 3.8) is 0 Å². The van der Waals surface area contributed by atoms with Gasteiger partial charge in [-0.2, -0.15) is 0 Å². The SMILES string of the molecule is COc1c(C(C)(C)C)cc(CC(=O)NCCN)c(C)c1C(C)(C)C. The molecule has 0 aromatic heterocycles. The number of ether oxygens (including phenoxy) is 1. The van der Waals surface area contributed by atoms with E-state index in [4.69, 9.17) is 10.5 Å². The molecule has 0 heterocycles. The second kappa shape index (κ2) is 7.56. The van der Waals surface area contributed by atoms with E-state index in [-0.39, 0.29) is 16.7 Å². The summed E-state index contributed by atoms with van der Waals surface area (Å²) >= 11 is 0. The molecule has 4 heteroatoms. The number of hydrogen-bond donors (Lipinski definition) is 2. The smallest absolute Gasteiger partial charge is 0.224 e. The zero-order chi connectivity index (χ0) is 18.7. The fourth-order valence-electron chi connectivity index (χ4n) is 3.12. The number of hydrogen-bond acceptors (Lipinski definition) is 3. The lowest BCUT2D eigenvalue weighted by Crippen LogP contribution is -2.31. The fraction of sp³-hybridized carbons (Fsp3) is 0.650. The van der Waals surface area contributed by atoms with Gasteiger partial charge in [0.1, 0.15) is 5.75 Å². The summed E-state index contributed by atoms with van der Waals surface area (Å²) in [6.07, 6.45) is 0.363. The van der Waals surface area contributed by atoms with Crippen LogP contribution in [0, 0.1) is 6.92 Å². The lowest BCUT2D eigenvalue weighted by molar-refractivity contribution is -0.120. The number of nitrogens with two attached hydrogens (primary N) is 1. The second-order valence-electron chi connectivity index (χ2n) is 8.43. The third-order valence-electron chi connectivity index (χ3n) is 4.23. The van der Waals surface area contributed by atoms with E-state index in [0.29, 0.717) is 19.5 Å². The van der Waals surface area contributed by atoms with Crippen molar-refractivity contribution >= 4 is 5.91 Å². The molecule has 1 rings (SSSR count). The van der Waals surface area contributed by atoms with Crippen LogP contribution in [0.15, 0.2) is 6.07 Å². The van der Waals surface area contributed by atoms with Gasteiger partial charge < -0.3 is 15.8 Å². The van der Waals surface area contributed by atoms with E-state index in [2.05, 4.69) is 59.8 Å². The number of methoxy groups -OCH3 is 1. The van der Waals surface area contributed by atoms with Crippen LogP contribution in [0.25, 0.3) is 0 Å². The van der Waals surface area contributed by atoms with Crippen molar-refractivity contribution in [3.05, 3.63) is 28.3 Å². The molecule has 4 nitrogen and oxygen atoms in total. The van der Waals surface area contributed by atoms with E-state index < -0.39 is 0 Å². The average Bonchev–Trinajstić information content (AvgIpc) is 2.43. The minimum atomic E-state index is -0.0703. The Kier molecular flexibility index (Phi) is 6.45. The Morgan fingerprint density at radius 1 is 1.17 bits per heavy atom. The Morgan fingerprint density at radius 3 is 2.17 bits per heavy atom. The van der Waals surface area contributed by atoms with Gasteiger partial charge in [0.15, 0.2) is 0 Å². The minimum absolute atomic E-state index is 0.00781. The van der Waals surface area contributed by atoms with E-state index in [1.165, 1.54) is 5.56 Å². The molecular weight excluding hydrogens is 300 g/mol. The average molecular weight is 335 g/mol. The fourth-order valence-corrected chi connectivity index (χ4v) is 3.12. The zero-order valence-corrected chi connectivity index (χ0v) is 16.6. The van der Waals surface area contributed by atoms with Crippen molar-refractivity contribution in [2.24, 2.45) is 5.73 Å². The third-order valence-corrected chi connectivity index (χ3v) is 4.23. The topological polar surface area (TPSA) is 64.3 Å². The molecule has 0 bridgehead atoms. The van der Waals surface area contributed by atoms with E-state index in [9.17, 15) is 4.79 Å². The van der Waals surface area contributed by atoms with Crippen LogP contribution in [-0.4, -0.2) is 26.1 Å². The summed E-state index contributed by atoms with van der Waals surface area (Å²) in [5.74, 6) is 0.951. The van der Waals surface area contributed by atoms with Crippen molar-refractivity contribution in [2.75, 3.05) is 20.2 Å². The maximum absolute atomic E-state index is 12.2. The van der Waals surface area contributed by atoms with Crippen LogP contribution in [0.3, 0.4) is 0 Å². The summed E-state index contributed by atoms with van der Waals surface area (Å²) in [7, 11) is 1.73. The summed E-state index contributed by atoms with van der Waals surface area (Å²) in [5, 5.41) is 2.86. The van der Waals surface area contributed by atoms with Crippen LogP contribution in [0.5, 0.6) is 5.75 Å². The molecule has 0 saturated heterocycles. The van der Waals surface area contributed by atoms with Gasteiger partial charge in [0.05, 0.1) is 13.5 Å². The van der Waals surface area contributed by atoms with Crippen molar-refractivity contribution in [1.82, 2.24) is 5.32 Å². The highest BCUT2D eigenvalue weighted by Crippen LogP contribution is 2.43. The Hall–Kier alpha value is -1.55. The van der Waals surface area contributed by atoms with Gasteiger partial charge in [-0.05, 0) is 28.9 Å². The summed E-state index contributed by atoms with van der Waals surface area (Å²) in [6, 6.07) is 2.13. The molecule has 0 fully saturated rings. The van der Waals surface area contributed by atoms with Gasteiger partial charge in [0.25, 0.3) is 0 Å². The van der Waals surface area contributed by atoms with Crippen molar-refractivity contribution in [3.8, 4) is 5.75 Å². The van der Waals surface area contributed by atoms with Crippen LogP contribution in [0.1, 0.15) is 63.8 Å². The molecule has 0 aliphatic carbocycles. The number of nitrogens with one attached hydrogen (secondary N) is 1. The molecule has 0 spiro atoms. The molecular formula is C20H34N2O2. The zero-order valence-electron chi connectivity index (χ0n) is 16.6. The van der Waals surface area contributed by atoms with Crippen LogP contribution < -0.4 is 15.8 Å². The van der Waals surface area contributed by atoms with Gasteiger partial charge in [-0.15, -0.1) is 0 Å². The highest BCUT2D eigenvalue weighted by atomic mass is 16.5. The van der Waals surface area contributed by atoms with Crippen molar-refractivity contribution in [1.29, 1.82) is 0 Å². The van der Waals surface area contributed by atoms with Gasteiger partial charge in [0, 0.05) is 24.2 Å². The lowest BCUT2D eigenvalue weighted by atomic mass is 9.75. The normalized spacial score (nSPS) is 12.2. The van der Waals surface area contributed by atoms with Crippen molar-refractivity contribution in [2.45, 2.75) is 65.7 Å². The number of rotatable bonds is 5. The van der Waals surface area contributed by atoms with Crippen LogP contribution >= 0.6 is 0 Å². The largest absolute Gasteiger partial charge is 0.496 e. The van der Waals surface area contributed by atoms with Gasteiger partial charge in [-0.1, -0.05) is 47.6 Å². The molecule has 1 amide bonds. The Morgan fingerprint density at radius 2 is 1.75 bits per heavy atom. The first-order valence-electron chi connectivity index (χ1n) is 8.61. The molecule has 1 aromatic carbocycles. The molecule has 0 aliphatic heterocycles. The summed E-state index contributed by atoms with van der Waals surface area (Å²) < 4.78 is 5.82. The molecule has 0 aliphatic rings. The number of carbonyl (C=O) groups is 1. The van der Waals surface area contributed by atoms with E-state index in [1.807, 2.05) is 0 Å².